The lowest BCUT2D eigenvalue weighted by Gasteiger charge is -2.24. The van der Waals surface area contributed by atoms with Gasteiger partial charge in [-0.1, -0.05) is 54.1 Å². The van der Waals surface area contributed by atoms with Crippen molar-refractivity contribution in [3.63, 3.8) is 0 Å². The summed E-state index contributed by atoms with van der Waals surface area (Å²) in [6, 6.07) is 14.9. The number of carbonyl (C=O) groups is 2. The van der Waals surface area contributed by atoms with Gasteiger partial charge >= 0.3 is 11.9 Å². The van der Waals surface area contributed by atoms with E-state index in [2.05, 4.69) is 0 Å². The van der Waals surface area contributed by atoms with E-state index in [1.807, 2.05) is 42.5 Å². The Kier molecular flexibility index (Phi) is 3.39. The predicted octanol–water partition coefficient (Wildman–Crippen LogP) is 3.44. The summed E-state index contributed by atoms with van der Waals surface area (Å²) in [5.74, 6) is -1.53. The predicted molar refractivity (Wildman–Crippen MR) is 87.6 cm³/mol. The van der Waals surface area contributed by atoms with Crippen molar-refractivity contribution in [2.75, 3.05) is 7.11 Å². The van der Waals surface area contributed by atoms with Gasteiger partial charge in [0.15, 0.2) is 5.41 Å². The van der Waals surface area contributed by atoms with Crippen molar-refractivity contribution < 1.29 is 19.1 Å². The van der Waals surface area contributed by atoms with E-state index in [4.69, 9.17) is 21.1 Å². The van der Waals surface area contributed by atoms with Crippen LogP contribution in [0.3, 0.4) is 0 Å². The fourth-order valence-corrected chi connectivity index (χ4v) is 4.24. The molecule has 0 radical (unpaired) electrons. The SMILES string of the molecule is COC(=O)[C@]12Cc3ccccc3[C@H]1[C@@H](c1ccccc1Cl)OC2=O. The molecule has 3 atom stereocenters. The van der Waals surface area contributed by atoms with Gasteiger partial charge in [-0.3, -0.25) is 9.59 Å². The van der Waals surface area contributed by atoms with E-state index in [9.17, 15) is 9.59 Å². The molecule has 0 bridgehead atoms. The maximum Gasteiger partial charge on any atom is 0.325 e. The molecule has 5 heteroatoms. The van der Waals surface area contributed by atoms with Crippen LogP contribution in [0.15, 0.2) is 48.5 Å². The molecule has 1 saturated heterocycles. The van der Waals surface area contributed by atoms with Gasteiger partial charge in [0.25, 0.3) is 0 Å². The highest BCUT2D eigenvalue weighted by Gasteiger charge is 2.67. The first-order valence-electron chi connectivity index (χ1n) is 7.71. The van der Waals surface area contributed by atoms with Crippen LogP contribution in [0.5, 0.6) is 0 Å². The number of rotatable bonds is 2. The number of halogens is 1. The highest BCUT2D eigenvalue weighted by Crippen LogP contribution is 2.60. The van der Waals surface area contributed by atoms with Crippen molar-refractivity contribution in [3.8, 4) is 0 Å². The minimum atomic E-state index is -1.33. The van der Waals surface area contributed by atoms with Gasteiger partial charge in [-0.25, -0.2) is 0 Å². The molecule has 2 aliphatic rings. The van der Waals surface area contributed by atoms with Gasteiger partial charge in [0.05, 0.1) is 13.0 Å². The molecule has 4 rings (SSSR count). The standard InChI is InChI=1S/C19H15ClO4/c1-23-17(21)19-10-11-6-2-3-7-12(11)15(19)16(24-18(19)22)13-8-4-5-9-14(13)20/h2-9,15-16H,10H2,1H3/t15-,16+,19-/m0/s1. The lowest BCUT2D eigenvalue weighted by Crippen LogP contribution is -2.40. The van der Waals surface area contributed by atoms with Crippen LogP contribution in [-0.2, 0) is 25.5 Å². The number of ether oxygens (including phenoxy) is 2. The molecule has 0 unspecified atom stereocenters. The van der Waals surface area contributed by atoms with Gasteiger partial charge in [0.1, 0.15) is 6.10 Å². The lowest BCUT2D eigenvalue weighted by atomic mass is 9.74. The molecular formula is C19H15ClO4. The van der Waals surface area contributed by atoms with Gasteiger partial charge in [-0.15, -0.1) is 0 Å². The average molecular weight is 343 g/mol. The van der Waals surface area contributed by atoms with E-state index in [1.54, 1.807) is 6.07 Å². The number of cyclic esters (lactones) is 1. The molecule has 2 aromatic carbocycles. The molecule has 2 aromatic rings. The quantitative estimate of drug-likeness (QED) is 0.619. The topological polar surface area (TPSA) is 52.6 Å². The third-order valence-electron chi connectivity index (χ3n) is 5.05. The summed E-state index contributed by atoms with van der Waals surface area (Å²) < 4.78 is 10.6. The van der Waals surface area contributed by atoms with Crippen LogP contribution in [-0.4, -0.2) is 19.0 Å². The van der Waals surface area contributed by atoms with Crippen LogP contribution in [0.1, 0.15) is 28.7 Å². The molecule has 122 valence electrons. The number of hydrogen-bond acceptors (Lipinski definition) is 4. The van der Waals surface area contributed by atoms with E-state index in [0.717, 1.165) is 11.1 Å². The molecule has 4 nitrogen and oxygen atoms in total. The first-order chi connectivity index (χ1) is 11.6. The number of carbonyl (C=O) groups excluding carboxylic acids is 2. The maximum absolute atomic E-state index is 12.8. The molecular weight excluding hydrogens is 328 g/mol. The summed E-state index contributed by atoms with van der Waals surface area (Å²) >= 11 is 6.32. The number of hydrogen-bond donors (Lipinski definition) is 0. The molecule has 0 aromatic heterocycles. The molecule has 24 heavy (non-hydrogen) atoms. The second kappa shape index (κ2) is 5.35. The molecule has 1 aliphatic heterocycles. The van der Waals surface area contributed by atoms with Gasteiger partial charge in [-0.2, -0.15) is 0 Å². The summed E-state index contributed by atoms with van der Waals surface area (Å²) in [5.41, 5.74) is 1.29. The Morgan fingerprint density at radius 1 is 1.17 bits per heavy atom. The number of methoxy groups -OCH3 is 1. The largest absolute Gasteiger partial charge is 0.468 e. The first-order valence-corrected chi connectivity index (χ1v) is 8.09. The molecule has 1 fully saturated rings. The zero-order valence-electron chi connectivity index (χ0n) is 13.0. The fraction of sp³-hybridized carbons (Fsp3) is 0.263. The van der Waals surface area contributed by atoms with E-state index in [0.29, 0.717) is 17.0 Å². The molecule has 1 heterocycles. The van der Waals surface area contributed by atoms with Gasteiger partial charge in [-0.05, 0) is 17.2 Å². The summed E-state index contributed by atoms with van der Waals surface area (Å²) in [6.45, 7) is 0. The van der Waals surface area contributed by atoms with Gasteiger partial charge in [0.2, 0.25) is 0 Å². The van der Waals surface area contributed by atoms with Crippen LogP contribution in [0.25, 0.3) is 0 Å². The Hall–Kier alpha value is -2.33. The molecule has 0 saturated carbocycles. The van der Waals surface area contributed by atoms with Crippen LogP contribution >= 0.6 is 11.6 Å². The maximum atomic E-state index is 12.8. The van der Waals surface area contributed by atoms with Crippen LogP contribution in [0, 0.1) is 5.41 Å². The first kappa shape index (κ1) is 15.2. The Morgan fingerprint density at radius 3 is 2.54 bits per heavy atom. The van der Waals surface area contributed by atoms with Crippen molar-refractivity contribution in [1.29, 1.82) is 0 Å². The summed E-state index contributed by atoms with van der Waals surface area (Å²) in [6.07, 6.45) is -0.311. The van der Waals surface area contributed by atoms with Crippen molar-refractivity contribution >= 4 is 23.5 Å². The van der Waals surface area contributed by atoms with E-state index < -0.39 is 29.4 Å². The molecule has 0 spiro atoms. The Labute approximate surface area is 144 Å². The summed E-state index contributed by atoms with van der Waals surface area (Å²) in [4.78, 5) is 25.4. The molecule has 0 amide bonds. The summed E-state index contributed by atoms with van der Waals surface area (Å²) in [5, 5.41) is 0.514. The Bertz CT molecular complexity index is 847. The van der Waals surface area contributed by atoms with Crippen molar-refractivity contribution in [2.24, 2.45) is 5.41 Å². The van der Waals surface area contributed by atoms with Gasteiger partial charge < -0.3 is 9.47 Å². The minimum absolute atomic E-state index is 0.292. The second-order valence-corrected chi connectivity index (χ2v) is 6.57. The lowest BCUT2D eigenvalue weighted by molar-refractivity contribution is -0.163. The monoisotopic (exact) mass is 342 g/mol. The molecule has 1 aliphatic carbocycles. The van der Waals surface area contributed by atoms with E-state index in [1.165, 1.54) is 7.11 Å². The van der Waals surface area contributed by atoms with E-state index >= 15 is 0 Å². The van der Waals surface area contributed by atoms with Crippen molar-refractivity contribution in [2.45, 2.75) is 18.4 Å². The number of benzene rings is 2. The normalized spacial score (nSPS) is 27.3. The fourth-order valence-electron chi connectivity index (χ4n) is 4.00. The highest BCUT2D eigenvalue weighted by molar-refractivity contribution is 6.31. The number of fused-ring (bicyclic) bond motifs is 3. The Balaban J connectivity index is 1.93. The highest BCUT2D eigenvalue weighted by atomic mass is 35.5. The van der Waals surface area contributed by atoms with Crippen molar-refractivity contribution in [3.05, 3.63) is 70.2 Å². The third kappa shape index (κ3) is 1.86. The second-order valence-electron chi connectivity index (χ2n) is 6.16. The Morgan fingerprint density at radius 2 is 1.83 bits per heavy atom. The van der Waals surface area contributed by atoms with Crippen LogP contribution < -0.4 is 0 Å². The van der Waals surface area contributed by atoms with Gasteiger partial charge in [0, 0.05) is 17.0 Å². The molecule has 0 N–H and O–H groups in total. The minimum Gasteiger partial charge on any atom is -0.468 e. The smallest absolute Gasteiger partial charge is 0.325 e. The number of esters is 2. The third-order valence-corrected chi connectivity index (χ3v) is 5.40. The van der Waals surface area contributed by atoms with Crippen LogP contribution in [0.4, 0.5) is 0 Å². The summed E-state index contributed by atoms with van der Waals surface area (Å²) in [7, 11) is 1.30. The zero-order chi connectivity index (χ0) is 16.9. The average Bonchev–Trinajstić information content (AvgIpc) is 3.09. The zero-order valence-corrected chi connectivity index (χ0v) is 13.7. The van der Waals surface area contributed by atoms with Crippen LogP contribution in [0.2, 0.25) is 5.02 Å². The van der Waals surface area contributed by atoms with E-state index in [-0.39, 0.29) is 0 Å². The van der Waals surface area contributed by atoms with Crippen molar-refractivity contribution in [1.82, 2.24) is 0 Å².